The molecule has 0 fully saturated rings. The van der Waals surface area contributed by atoms with Gasteiger partial charge in [-0.05, 0) is 25.2 Å². The van der Waals surface area contributed by atoms with Crippen molar-refractivity contribution < 1.29 is 9.21 Å². The number of oxazole rings is 1. The van der Waals surface area contributed by atoms with Crippen molar-refractivity contribution in [2.45, 2.75) is 65.8 Å². The zero-order valence-electron chi connectivity index (χ0n) is 15.8. The van der Waals surface area contributed by atoms with E-state index < -0.39 is 0 Å². The molecule has 0 spiro atoms. The highest BCUT2D eigenvalue weighted by atomic mass is 16.3. The van der Waals surface area contributed by atoms with Crippen molar-refractivity contribution in [3.63, 3.8) is 0 Å². The normalized spacial score (nSPS) is 19.4. The number of rotatable bonds is 2. The average Bonchev–Trinajstić information content (AvgIpc) is 2.90. The fourth-order valence-corrected chi connectivity index (χ4v) is 3.28. The van der Waals surface area contributed by atoms with Crippen LogP contribution in [0.3, 0.4) is 0 Å². The number of hydrogen-bond acceptors (Lipinski definition) is 5. The van der Waals surface area contributed by atoms with Crippen LogP contribution in [0, 0.1) is 12.3 Å². The molecule has 6 nitrogen and oxygen atoms in total. The lowest BCUT2D eigenvalue weighted by atomic mass is 9.74. The molecule has 0 aromatic carbocycles. The van der Waals surface area contributed by atoms with Crippen LogP contribution in [0.5, 0.6) is 0 Å². The molecule has 134 valence electrons. The van der Waals surface area contributed by atoms with Crippen LogP contribution in [-0.2, 0) is 11.8 Å². The predicted molar refractivity (Wildman–Crippen MR) is 94.3 cm³/mol. The molecule has 2 heterocycles. The standard InChI is InChI=1S/C19H26N4O2/c1-11-15(25-10-21-11)16(24)22-13-7-19(5,6)8-14-12(13)9-20-17(23-14)18(2,3)4/h9-10,13H,7-8H2,1-6H3,(H,22,24). The Morgan fingerprint density at radius 3 is 2.64 bits per heavy atom. The number of hydrogen-bond donors (Lipinski definition) is 1. The molecule has 3 rings (SSSR count). The summed E-state index contributed by atoms with van der Waals surface area (Å²) < 4.78 is 5.22. The van der Waals surface area contributed by atoms with Gasteiger partial charge in [0.2, 0.25) is 5.76 Å². The minimum absolute atomic E-state index is 0.0465. The third kappa shape index (κ3) is 3.57. The van der Waals surface area contributed by atoms with Crippen molar-refractivity contribution in [2.24, 2.45) is 5.41 Å². The van der Waals surface area contributed by atoms with E-state index in [1.807, 2.05) is 6.20 Å². The van der Waals surface area contributed by atoms with E-state index in [0.717, 1.165) is 29.9 Å². The fourth-order valence-electron chi connectivity index (χ4n) is 3.28. The Hall–Kier alpha value is -2.24. The average molecular weight is 342 g/mol. The maximum absolute atomic E-state index is 12.6. The van der Waals surface area contributed by atoms with Crippen LogP contribution in [0.2, 0.25) is 0 Å². The Bertz CT molecular complexity index is 802. The summed E-state index contributed by atoms with van der Waals surface area (Å²) in [6.07, 6.45) is 4.87. The van der Waals surface area contributed by atoms with Gasteiger partial charge in [0.25, 0.3) is 5.91 Å². The molecule has 25 heavy (non-hydrogen) atoms. The summed E-state index contributed by atoms with van der Waals surface area (Å²) in [5.74, 6) is 0.848. The highest BCUT2D eigenvalue weighted by Crippen LogP contribution is 2.40. The van der Waals surface area contributed by atoms with E-state index in [4.69, 9.17) is 9.40 Å². The SMILES string of the molecule is Cc1ncoc1C(=O)NC1CC(C)(C)Cc2nc(C(C)(C)C)ncc21. The summed E-state index contributed by atoms with van der Waals surface area (Å²) in [6, 6.07) is -0.134. The van der Waals surface area contributed by atoms with Crippen molar-refractivity contribution >= 4 is 5.91 Å². The molecule has 0 aliphatic heterocycles. The summed E-state index contributed by atoms with van der Waals surface area (Å²) in [7, 11) is 0. The van der Waals surface area contributed by atoms with E-state index in [1.54, 1.807) is 6.92 Å². The molecule has 0 saturated carbocycles. The van der Waals surface area contributed by atoms with Crippen LogP contribution in [-0.4, -0.2) is 20.9 Å². The molecule has 2 aromatic heterocycles. The van der Waals surface area contributed by atoms with Gasteiger partial charge in [-0.15, -0.1) is 0 Å². The van der Waals surface area contributed by atoms with E-state index in [9.17, 15) is 4.79 Å². The Labute approximate surface area is 148 Å². The second-order valence-electron chi connectivity index (χ2n) is 8.68. The topological polar surface area (TPSA) is 80.9 Å². The predicted octanol–water partition coefficient (Wildman–Crippen LogP) is 3.51. The molecule has 1 amide bonds. The molecule has 1 atom stereocenters. The van der Waals surface area contributed by atoms with E-state index in [2.05, 4.69) is 49.9 Å². The largest absolute Gasteiger partial charge is 0.438 e. The zero-order valence-corrected chi connectivity index (χ0v) is 15.8. The smallest absolute Gasteiger partial charge is 0.289 e. The number of carbonyl (C=O) groups is 1. The summed E-state index contributed by atoms with van der Waals surface area (Å²) in [4.78, 5) is 25.9. The van der Waals surface area contributed by atoms with Crippen LogP contribution in [0.25, 0.3) is 0 Å². The molecule has 1 N–H and O–H groups in total. The Morgan fingerprint density at radius 2 is 2.04 bits per heavy atom. The third-order valence-corrected chi connectivity index (χ3v) is 4.61. The number of amides is 1. The molecule has 1 aliphatic rings. The van der Waals surface area contributed by atoms with Crippen LogP contribution in [0.1, 0.15) is 80.4 Å². The molecular formula is C19H26N4O2. The van der Waals surface area contributed by atoms with Gasteiger partial charge in [0.05, 0.1) is 11.7 Å². The summed E-state index contributed by atoms with van der Waals surface area (Å²) >= 11 is 0. The van der Waals surface area contributed by atoms with Crippen LogP contribution in [0.15, 0.2) is 17.0 Å². The Balaban J connectivity index is 1.94. The molecule has 0 bridgehead atoms. The van der Waals surface area contributed by atoms with Crippen LogP contribution >= 0.6 is 0 Å². The van der Waals surface area contributed by atoms with Gasteiger partial charge in [-0.25, -0.2) is 15.0 Å². The molecule has 2 aromatic rings. The highest BCUT2D eigenvalue weighted by molar-refractivity contribution is 5.92. The zero-order chi connectivity index (χ0) is 18.4. The Kier molecular flexibility index (Phi) is 4.17. The lowest BCUT2D eigenvalue weighted by Crippen LogP contribution is -2.37. The molecule has 6 heteroatoms. The fraction of sp³-hybridized carbons (Fsp3) is 0.579. The van der Waals surface area contributed by atoms with E-state index in [0.29, 0.717) is 5.69 Å². The van der Waals surface area contributed by atoms with Gasteiger partial charge in [0.1, 0.15) is 5.82 Å². The number of aromatic nitrogens is 3. The number of nitrogens with one attached hydrogen (secondary N) is 1. The monoisotopic (exact) mass is 342 g/mol. The van der Waals surface area contributed by atoms with Crippen LogP contribution < -0.4 is 5.32 Å². The molecule has 1 aliphatic carbocycles. The minimum Gasteiger partial charge on any atom is -0.438 e. The number of carbonyl (C=O) groups excluding carboxylic acids is 1. The van der Waals surface area contributed by atoms with Crippen molar-refractivity contribution in [3.05, 3.63) is 41.1 Å². The highest BCUT2D eigenvalue weighted by Gasteiger charge is 2.36. The minimum atomic E-state index is -0.247. The quantitative estimate of drug-likeness (QED) is 0.903. The second-order valence-corrected chi connectivity index (χ2v) is 8.68. The van der Waals surface area contributed by atoms with Gasteiger partial charge < -0.3 is 9.73 Å². The second kappa shape index (κ2) is 5.93. The van der Waals surface area contributed by atoms with Gasteiger partial charge in [-0.1, -0.05) is 34.6 Å². The first-order valence-corrected chi connectivity index (χ1v) is 8.64. The molecular weight excluding hydrogens is 316 g/mol. The van der Waals surface area contributed by atoms with Gasteiger partial charge >= 0.3 is 0 Å². The van der Waals surface area contributed by atoms with Gasteiger partial charge in [0, 0.05) is 22.9 Å². The number of fused-ring (bicyclic) bond motifs is 1. The summed E-state index contributed by atoms with van der Waals surface area (Å²) in [5.41, 5.74) is 2.55. The number of aryl methyl sites for hydroxylation is 1. The first-order chi connectivity index (χ1) is 11.6. The van der Waals surface area contributed by atoms with Crippen LogP contribution in [0.4, 0.5) is 0 Å². The lowest BCUT2D eigenvalue weighted by molar-refractivity contribution is 0.0889. The first kappa shape index (κ1) is 17.6. The molecule has 0 saturated heterocycles. The first-order valence-electron chi connectivity index (χ1n) is 8.64. The van der Waals surface area contributed by atoms with Crippen molar-refractivity contribution in [3.8, 4) is 0 Å². The van der Waals surface area contributed by atoms with E-state index in [-0.39, 0.29) is 28.5 Å². The van der Waals surface area contributed by atoms with Gasteiger partial charge in [0.15, 0.2) is 6.39 Å². The van der Waals surface area contributed by atoms with Gasteiger partial charge in [-0.2, -0.15) is 0 Å². The maximum atomic E-state index is 12.6. The van der Waals surface area contributed by atoms with E-state index in [1.165, 1.54) is 6.39 Å². The Morgan fingerprint density at radius 1 is 1.32 bits per heavy atom. The molecule has 1 unspecified atom stereocenters. The number of nitrogens with zero attached hydrogens (tertiary/aromatic N) is 3. The van der Waals surface area contributed by atoms with Crippen molar-refractivity contribution in [1.82, 2.24) is 20.3 Å². The van der Waals surface area contributed by atoms with E-state index >= 15 is 0 Å². The molecule has 0 radical (unpaired) electrons. The van der Waals surface area contributed by atoms with Crippen molar-refractivity contribution in [1.29, 1.82) is 0 Å². The summed E-state index contributed by atoms with van der Waals surface area (Å²) in [5, 5.41) is 3.08. The third-order valence-electron chi connectivity index (χ3n) is 4.61. The lowest BCUT2D eigenvalue weighted by Gasteiger charge is -2.37. The maximum Gasteiger partial charge on any atom is 0.289 e. The van der Waals surface area contributed by atoms with Crippen molar-refractivity contribution in [2.75, 3.05) is 0 Å². The summed E-state index contributed by atoms with van der Waals surface area (Å²) in [6.45, 7) is 12.5. The van der Waals surface area contributed by atoms with Gasteiger partial charge in [-0.3, -0.25) is 4.79 Å².